The van der Waals surface area contributed by atoms with E-state index in [-0.39, 0.29) is 16.0 Å². The van der Waals surface area contributed by atoms with Crippen molar-refractivity contribution in [1.29, 1.82) is 5.26 Å². The van der Waals surface area contributed by atoms with Crippen LogP contribution in [0.1, 0.15) is 15.9 Å². The van der Waals surface area contributed by atoms with Crippen LogP contribution in [0.25, 0.3) is 11.3 Å². The average molecular weight is 336 g/mol. The second kappa shape index (κ2) is 6.14. The number of nitriles is 1. The van der Waals surface area contributed by atoms with Gasteiger partial charge >= 0.3 is 0 Å². The molecule has 0 amide bonds. The monoisotopic (exact) mass is 336 g/mol. The lowest BCUT2D eigenvalue weighted by Crippen LogP contribution is -2.14. The molecule has 0 saturated heterocycles. The minimum Gasteiger partial charge on any atom is -0.298 e. The number of rotatable bonds is 4. The van der Waals surface area contributed by atoms with Crippen LogP contribution >= 0.6 is 0 Å². The van der Waals surface area contributed by atoms with Crippen LogP contribution in [0.2, 0.25) is 0 Å². The molecule has 0 radical (unpaired) electrons. The molecule has 6 heteroatoms. The number of carbonyl (C=O) groups excluding carboxylic acids is 1. The van der Waals surface area contributed by atoms with E-state index < -0.39 is 10.0 Å². The van der Waals surface area contributed by atoms with Crippen molar-refractivity contribution in [2.24, 2.45) is 0 Å². The Balaban J connectivity index is 2.28. The zero-order valence-electron chi connectivity index (χ0n) is 12.5. The van der Waals surface area contributed by atoms with Crippen molar-refractivity contribution in [3.05, 3.63) is 78.0 Å². The Morgan fingerprint density at radius 3 is 2.33 bits per heavy atom. The number of hydrogen-bond donors (Lipinski definition) is 0. The third-order valence-electron chi connectivity index (χ3n) is 3.56. The summed E-state index contributed by atoms with van der Waals surface area (Å²) in [6.45, 7) is 0. The maximum atomic E-state index is 13.0. The van der Waals surface area contributed by atoms with Crippen molar-refractivity contribution >= 4 is 16.3 Å². The second-order valence-electron chi connectivity index (χ2n) is 5.05. The van der Waals surface area contributed by atoms with Crippen LogP contribution in [-0.2, 0) is 10.0 Å². The van der Waals surface area contributed by atoms with Gasteiger partial charge in [-0.15, -0.1) is 0 Å². The summed E-state index contributed by atoms with van der Waals surface area (Å²) in [5, 5.41) is 9.19. The summed E-state index contributed by atoms with van der Waals surface area (Å²) in [7, 11) is -4.01. The van der Waals surface area contributed by atoms with Crippen LogP contribution in [0.15, 0.2) is 71.8 Å². The topological polar surface area (TPSA) is 79.9 Å². The molecule has 24 heavy (non-hydrogen) atoms. The summed E-state index contributed by atoms with van der Waals surface area (Å²) < 4.78 is 27.1. The summed E-state index contributed by atoms with van der Waals surface area (Å²) in [4.78, 5) is 11.0. The molecular weight excluding hydrogens is 324 g/mol. The van der Waals surface area contributed by atoms with Crippen molar-refractivity contribution in [1.82, 2.24) is 3.97 Å². The van der Waals surface area contributed by atoms with Crippen LogP contribution in [0, 0.1) is 11.3 Å². The van der Waals surface area contributed by atoms with Crippen LogP contribution in [-0.4, -0.2) is 18.7 Å². The van der Waals surface area contributed by atoms with E-state index in [0.717, 1.165) is 3.97 Å². The quantitative estimate of drug-likeness (QED) is 0.686. The van der Waals surface area contributed by atoms with E-state index in [1.165, 1.54) is 24.4 Å². The van der Waals surface area contributed by atoms with E-state index in [9.17, 15) is 18.5 Å². The summed E-state index contributed by atoms with van der Waals surface area (Å²) in [6.07, 6.45) is 1.85. The number of carbonyl (C=O) groups is 1. The summed E-state index contributed by atoms with van der Waals surface area (Å²) in [6, 6.07) is 18.3. The largest absolute Gasteiger partial charge is 0.298 e. The van der Waals surface area contributed by atoms with E-state index >= 15 is 0 Å². The third kappa shape index (κ3) is 2.62. The van der Waals surface area contributed by atoms with Gasteiger partial charge < -0.3 is 0 Å². The highest BCUT2D eigenvalue weighted by Crippen LogP contribution is 2.27. The molecule has 1 heterocycles. The Hall–Kier alpha value is -3.17. The van der Waals surface area contributed by atoms with E-state index in [1.807, 2.05) is 12.1 Å². The number of hydrogen-bond acceptors (Lipinski definition) is 4. The van der Waals surface area contributed by atoms with Gasteiger partial charge in [0.2, 0.25) is 0 Å². The first-order valence-corrected chi connectivity index (χ1v) is 8.49. The van der Waals surface area contributed by atoms with Crippen LogP contribution in [0.5, 0.6) is 0 Å². The molecule has 0 fully saturated rings. The fourth-order valence-electron chi connectivity index (χ4n) is 2.44. The van der Waals surface area contributed by atoms with Gasteiger partial charge in [-0.25, -0.2) is 12.4 Å². The summed E-state index contributed by atoms with van der Waals surface area (Å²) >= 11 is 0. The molecule has 3 aromatic rings. The maximum absolute atomic E-state index is 13.0. The van der Waals surface area contributed by atoms with Crippen molar-refractivity contribution in [2.75, 3.05) is 0 Å². The molecule has 5 nitrogen and oxygen atoms in total. The predicted octanol–water partition coefficient (Wildman–Crippen LogP) is 3.08. The molecule has 0 aliphatic heterocycles. The second-order valence-corrected chi connectivity index (χ2v) is 6.83. The first kappa shape index (κ1) is 15.7. The Kier molecular flexibility index (Phi) is 4.02. The lowest BCUT2D eigenvalue weighted by Gasteiger charge is -2.11. The predicted molar refractivity (Wildman–Crippen MR) is 89.0 cm³/mol. The maximum Gasteiger partial charge on any atom is 0.269 e. The molecule has 118 valence electrons. The normalized spacial score (nSPS) is 11.0. The molecule has 0 spiro atoms. The molecular formula is C18H12N2O3S. The summed E-state index contributed by atoms with van der Waals surface area (Å²) in [5.41, 5.74) is 1.32. The van der Waals surface area contributed by atoms with Gasteiger partial charge in [-0.1, -0.05) is 42.5 Å². The van der Waals surface area contributed by atoms with Gasteiger partial charge in [0.1, 0.15) is 11.0 Å². The van der Waals surface area contributed by atoms with E-state index in [2.05, 4.69) is 0 Å². The minimum atomic E-state index is -4.01. The number of benzene rings is 2. The van der Waals surface area contributed by atoms with Crippen LogP contribution in [0.3, 0.4) is 0 Å². The Labute approximate surface area is 139 Å². The fourth-order valence-corrected chi connectivity index (χ4v) is 3.97. The van der Waals surface area contributed by atoms with E-state index in [4.69, 9.17) is 0 Å². The lowest BCUT2D eigenvalue weighted by atomic mass is 10.1. The molecule has 0 N–H and O–H groups in total. The number of aromatic nitrogens is 1. The van der Waals surface area contributed by atoms with Gasteiger partial charge in [-0.2, -0.15) is 5.26 Å². The Morgan fingerprint density at radius 2 is 1.67 bits per heavy atom. The van der Waals surface area contributed by atoms with Crippen LogP contribution in [0.4, 0.5) is 0 Å². The van der Waals surface area contributed by atoms with Gasteiger partial charge in [0.05, 0.1) is 11.3 Å². The third-order valence-corrected chi connectivity index (χ3v) is 5.29. The zero-order chi connectivity index (χ0) is 17.2. The SMILES string of the molecule is N#Cc1ccccc1S(=O)(=O)n1cc(C=O)cc1-c1ccccc1. The van der Waals surface area contributed by atoms with E-state index in [0.29, 0.717) is 17.5 Å². The number of aldehydes is 1. The smallest absolute Gasteiger partial charge is 0.269 e. The van der Waals surface area contributed by atoms with Gasteiger partial charge in [0.15, 0.2) is 6.29 Å². The Morgan fingerprint density at radius 1 is 1.00 bits per heavy atom. The average Bonchev–Trinajstić information content (AvgIpc) is 3.08. The van der Waals surface area contributed by atoms with E-state index in [1.54, 1.807) is 36.4 Å². The molecule has 2 aromatic carbocycles. The van der Waals surface area contributed by atoms with Gasteiger partial charge in [-0.3, -0.25) is 4.79 Å². The molecule has 1 aromatic heterocycles. The molecule has 0 aliphatic carbocycles. The number of nitrogens with zero attached hydrogens (tertiary/aromatic N) is 2. The standard InChI is InChI=1S/C18H12N2O3S/c19-11-16-8-4-5-9-18(16)24(22,23)20-12-14(13-21)10-17(20)15-6-2-1-3-7-15/h1-10,12-13H. The zero-order valence-corrected chi connectivity index (χ0v) is 13.3. The molecule has 0 atom stereocenters. The first-order valence-electron chi connectivity index (χ1n) is 7.05. The van der Waals surface area contributed by atoms with Crippen LogP contribution < -0.4 is 0 Å². The molecule has 0 bridgehead atoms. The highest BCUT2D eigenvalue weighted by atomic mass is 32.2. The molecule has 0 aliphatic rings. The fraction of sp³-hybridized carbons (Fsp3) is 0. The molecule has 0 saturated carbocycles. The minimum absolute atomic E-state index is 0.0536. The molecule has 3 rings (SSSR count). The lowest BCUT2D eigenvalue weighted by molar-refractivity contribution is 0.112. The highest BCUT2D eigenvalue weighted by molar-refractivity contribution is 7.90. The van der Waals surface area contributed by atoms with Crippen molar-refractivity contribution in [3.8, 4) is 17.3 Å². The first-order chi connectivity index (χ1) is 11.6. The van der Waals surface area contributed by atoms with Gasteiger partial charge in [0, 0.05) is 11.8 Å². The molecule has 0 unspecified atom stereocenters. The summed E-state index contributed by atoms with van der Waals surface area (Å²) in [5.74, 6) is 0. The van der Waals surface area contributed by atoms with Crippen molar-refractivity contribution in [3.63, 3.8) is 0 Å². The van der Waals surface area contributed by atoms with Gasteiger partial charge in [-0.05, 0) is 23.8 Å². The van der Waals surface area contributed by atoms with Gasteiger partial charge in [0.25, 0.3) is 10.0 Å². The highest BCUT2D eigenvalue weighted by Gasteiger charge is 2.24. The Bertz CT molecular complexity index is 1050. The van der Waals surface area contributed by atoms with Crippen molar-refractivity contribution in [2.45, 2.75) is 4.90 Å². The van der Waals surface area contributed by atoms with Crippen molar-refractivity contribution < 1.29 is 13.2 Å².